The van der Waals surface area contributed by atoms with Crippen LogP contribution in [0.5, 0.6) is 0 Å². The molecule has 1 N–H and O–H groups in total. The Kier molecular flexibility index (Phi) is 3.95. The number of fused-ring (bicyclic) bond motifs is 3. The van der Waals surface area contributed by atoms with Crippen LogP contribution in [0.25, 0.3) is 10.9 Å². The van der Waals surface area contributed by atoms with Crippen molar-refractivity contribution in [2.24, 2.45) is 5.41 Å². The molecule has 3 nitrogen and oxygen atoms in total. The van der Waals surface area contributed by atoms with Crippen molar-refractivity contribution in [2.45, 2.75) is 32.6 Å². The van der Waals surface area contributed by atoms with Crippen LogP contribution in [0.4, 0.5) is 5.69 Å². The largest absolute Gasteiger partial charge is 0.358 e. The maximum atomic E-state index is 13.3. The molecule has 1 aromatic heterocycles. The fourth-order valence-electron chi connectivity index (χ4n) is 4.70. The van der Waals surface area contributed by atoms with Crippen LogP contribution in [-0.4, -0.2) is 10.8 Å². The molecule has 0 bridgehead atoms. The van der Waals surface area contributed by atoms with Gasteiger partial charge in [0, 0.05) is 45.4 Å². The topological polar surface area (TPSA) is 42.0 Å². The summed E-state index contributed by atoms with van der Waals surface area (Å²) in [5.41, 5.74) is 6.28. The van der Waals surface area contributed by atoms with Gasteiger partial charge in [-0.3, -0.25) is 9.78 Å². The Morgan fingerprint density at radius 2 is 1.96 bits per heavy atom. The van der Waals surface area contributed by atoms with Crippen LogP contribution >= 0.6 is 15.9 Å². The molecule has 4 heteroatoms. The standard InChI is InChI=1S/C24H21BrN2O/c1-24(2)12-19-23(20(28)13-24)21(14-5-3-6-15(25)11-14)22-16-7-4-10-26-17(16)8-9-18(22)27-19/h3-11,21,27H,12-13H2,1-2H3/t21-/m0/s1. The second kappa shape index (κ2) is 6.28. The number of halogens is 1. The molecular weight excluding hydrogens is 412 g/mol. The number of anilines is 1. The summed E-state index contributed by atoms with van der Waals surface area (Å²) in [4.78, 5) is 17.9. The van der Waals surface area contributed by atoms with E-state index < -0.39 is 0 Å². The lowest BCUT2D eigenvalue weighted by molar-refractivity contribution is -0.118. The van der Waals surface area contributed by atoms with E-state index >= 15 is 0 Å². The fraction of sp³-hybridized carbons (Fsp3) is 0.250. The molecule has 2 aromatic carbocycles. The summed E-state index contributed by atoms with van der Waals surface area (Å²) < 4.78 is 1.02. The minimum Gasteiger partial charge on any atom is -0.358 e. The fourth-order valence-corrected chi connectivity index (χ4v) is 5.12. The number of pyridine rings is 1. The van der Waals surface area contributed by atoms with Crippen LogP contribution < -0.4 is 5.32 Å². The molecule has 0 saturated carbocycles. The Morgan fingerprint density at radius 3 is 2.79 bits per heavy atom. The summed E-state index contributed by atoms with van der Waals surface area (Å²) in [5.74, 6) is 0.163. The third kappa shape index (κ3) is 2.78. The van der Waals surface area contributed by atoms with Crippen molar-refractivity contribution in [1.82, 2.24) is 4.98 Å². The van der Waals surface area contributed by atoms with Gasteiger partial charge in [0.05, 0.1) is 5.52 Å². The zero-order chi connectivity index (χ0) is 19.5. The van der Waals surface area contributed by atoms with Gasteiger partial charge in [-0.15, -0.1) is 0 Å². The molecule has 28 heavy (non-hydrogen) atoms. The highest BCUT2D eigenvalue weighted by molar-refractivity contribution is 9.10. The molecule has 0 saturated heterocycles. The Labute approximate surface area is 173 Å². The number of rotatable bonds is 1. The predicted molar refractivity (Wildman–Crippen MR) is 116 cm³/mol. The van der Waals surface area contributed by atoms with Gasteiger partial charge < -0.3 is 5.32 Å². The molecule has 1 atom stereocenters. The van der Waals surface area contributed by atoms with Gasteiger partial charge in [-0.1, -0.05) is 48.0 Å². The normalized spacial score (nSPS) is 20.5. The first-order chi connectivity index (χ1) is 13.4. The minimum absolute atomic E-state index is 0.0271. The number of aromatic nitrogens is 1. The van der Waals surface area contributed by atoms with Crippen LogP contribution in [0.15, 0.2) is 70.5 Å². The highest BCUT2D eigenvalue weighted by Gasteiger charge is 2.41. The third-order valence-corrected chi connectivity index (χ3v) is 6.28. The number of hydrogen-bond acceptors (Lipinski definition) is 3. The maximum absolute atomic E-state index is 13.3. The first-order valence-corrected chi connectivity index (χ1v) is 10.4. The van der Waals surface area contributed by atoms with E-state index in [0.29, 0.717) is 6.42 Å². The molecule has 1 aliphatic heterocycles. The van der Waals surface area contributed by atoms with Crippen molar-refractivity contribution >= 4 is 38.3 Å². The van der Waals surface area contributed by atoms with Crippen LogP contribution in [0.3, 0.4) is 0 Å². The minimum atomic E-state index is -0.0831. The number of benzene rings is 2. The van der Waals surface area contributed by atoms with Crippen molar-refractivity contribution < 1.29 is 4.79 Å². The second-order valence-corrected chi connectivity index (χ2v) is 9.46. The Bertz CT molecular complexity index is 1160. The summed E-state index contributed by atoms with van der Waals surface area (Å²) in [6, 6.07) is 16.6. The van der Waals surface area contributed by atoms with Gasteiger partial charge in [-0.25, -0.2) is 0 Å². The van der Waals surface area contributed by atoms with Gasteiger partial charge in [-0.05, 0) is 53.3 Å². The number of Topliss-reactive ketones (excluding diaryl/α,β-unsaturated/α-hetero) is 1. The number of nitrogens with zero attached hydrogens (tertiary/aromatic N) is 1. The summed E-state index contributed by atoms with van der Waals surface area (Å²) in [5, 5.41) is 4.71. The molecule has 5 rings (SSSR count). The highest BCUT2D eigenvalue weighted by atomic mass is 79.9. The number of ketones is 1. The van der Waals surface area contributed by atoms with Crippen LogP contribution in [-0.2, 0) is 4.79 Å². The molecule has 0 fully saturated rings. The van der Waals surface area contributed by atoms with Crippen molar-refractivity contribution in [3.63, 3.8) is 0 Å². The molecule has 0 unspecified atom stereocenters. The predicted octanol–water partition coefficient (Wildman–Crippen LogP) is 6.20. The van der Waals surface area contributed by atoms with E-state index in [9.17, 15) is 4.79 Å². The lowest BCUT2D eigenvalue weighted by Gasteiger charge is -2.40. The Balaban J connectivity index is 1.83. The zero-order valence-electron chi connectivity index (χ0n) is 15.9. The van der Waals surface area contributed by atoms with Crippen molar-refractivity contribution in [1.29, 1.82) is 0 Å². The molecular formula is C24H21BrN2O. The summed E-state index contributed by atoms with van der Waals surface area (Å²) in [6.45, 7) is 4.34. The molecule has 1 aliphatic carbocycles. The maximum Gasteiger partial charge on any atom is 0.162 e. The number of hydrogen-bond donors (Lipinski definition) is 1. The zero-order valence-corrected chi connectivity index (χ0v) is 17.5. The van der Waals surface area contributed by atoms with Gasteiger partial charge in [0.25, 0.3) is 0 Å². The number of carbonyl (C=O) groups excluding carboxylic acids is 1. The SMILES string of the molecule is CC1(C)CC(=O)C2=C(C1)Nc1ccc3ncccc3c1[C@@H]2c1cccc(Br)c1. The van der Waals surface area contributed by atoms with Crippen molar-refractivity contribution in [2.75, 3.05) is 5.32 Å². The Morgan fingerprint density at radius 1 is 1.11 bits per heavy atom. The average Bonchev–Trinajstić information content (AvgIpc) is 2.65. The first kappa shape index (κ1) is 17.6. The van der Waals surface area contributed by atoms with E-state index in [2.05, 4.69) is 70.4 Å². The van der Waals surface area contributed by atoms with E-state index in [4.69, 9.17) is 0 Å². The number of carbonyl (C=O) groups is 1. The molecule has 140 valence electrons. The summed E-state index contributed by atoms with van der Waals surface area (Å²) in [6.07, 6.45) is 3.28. The smallest absolute Gasteiger partial charge is 0.162 e. The van der Waals surface area contributed by atoms with Gasteiger partial charge in [0.1, 0.15) is 0 Å². The molecule has 2 aliphatic rings. The molecule has 2 heterocycles. The Hall–Kier alpha value is -2.46. The van der Waals surface area contributed by atoms with Gasteiger partial charge in [-0.2, -0.15) is 0 Å². The van der Waals surface area contributed by atoms with Gasteiger partial charge in [0.2, 0.25) is 0 Å². The van der Waals surface area contributed by atoms with Gasteiger partial charge in [0.15, 0.2) is 5.78 Å². The number of nitrogens with one attached hydrogen (secondary N) is 1. The van der Waals surface area contributed by atoms with Gasteiger partial charge >= 0.3 is 0 Å². The molecule has 0 radical (unpaired) electrons. The lowest BCUT2D eigenvalue weighted by Crippen LogP contribution is -2.33. The van der Waals surface area contributed by atoms with E-state index in [1.54, 1.807) is 0 Å². The summed E-state index contributed by atoms with van der Waals surface area (Å²) >= 11 is 3.61. The summed E-state index contributed by atoms with van der Waals surface area (Å²) in [7, 11) is 0. The van der Waals surface area contributed by atoms with E-state index in [-0.39, 0.29) is 17.1 Å². The second-order valence-electron chi connectivity index (χ2n) is 8.54. The number of allylic oxidation sites excluding steroid dienone is 2. The highest BCUT2D eigenvalue weighted by Crippen LogP contribution is 2.50. The molecule has 0 amide bonds. The van der Waals surface area contributed by atoms with E-state index in [1.165, 1.54) is 0 Å². The first-order valence-electron chi connectivity index (χ1n) is 9.59. The van der Waals surface area contributed by atoms with Crippen molar-refractivity contribution in [3.8, 4) is 0 Å². The van der Waals surface area contributed by atoms with Crippen molar-refractivity contribution in [3.05, 3.63) is 81.6 Å². The van der Waals surface area contributed by atoms with E-state index in [1.807, 2.05) is 24.4 Å². The van der Waals surface area contributed by atoms with Crippen LogP contribution in [0.2, 0.25) is 0 Å². The average molecular weight is 433 g/mol. The lowest BCUT2D eigenvalue weighted by atomic mass is 9.68. The van der Waals surface area contributed by atoms with Crippen LogP contribution in [0.1, 0.15) is 43.7 Å². The van der Waals surface area contributed by atoms with E-state index in [0.717, 1.165) is 49.9 Å². The molecule has 0 spiro atoms. The van der Waals surface area contributed by atoms with Crippen LogP contribution in [0, 0.1) is 5.41 Å². The quantitative estimate of drug-likeness (QED) is 0.497. The monoisotopic (exact) mass is 432 g/mol. The third-order valence-electron chi connectivity index (χ3n) is 5.79. The molecule has 3 aromatic rings.